The Kier molecular flexibility index (Phi) is 17.5. The Morgan fingerprint density at radius 1 is 0.204 bits per heavy atom. The SMILES string of the molecule is N#Cc1ccc(-c2cc(-c3ccc(C(F)(F)F)cc3C#N)ccc2-n2c3ccc(-c4cc(C(F)(F)F)cc(C(F)(F)F)c4)cc3c3cc(-c4cc(C(F)(F)F)cc(C(F)(F)F)c4)ccc32)c(-n2c3ccc(-c4cc(C(F)(F)F)cc(C(F)(F)F)c4)cc3c3cc(-c4cc(C(F)(F)F)cc(C(F)(F)F)c4)ccc32)c1. The van der Waals surface area contributed by atoms with Crippen LogP contribution in [0.4, 0.5) is 119 Å². The molecular weight excluding hydrogens is 1490 g/mol. The Labute approximate surface area is 587 Å². The molecule has 0 radical (unpaired) electrons. The van der Waals surface area contributed by atoms with E-state index in [1.807, 2.05) is 6.07 Å². The fourth-order valence-electron chi connectivity index (χ4n) is 13.0. The lowest BCUT2D eigenvalue weighted by Gasteiger charge is -2.21. The molecule has 2 heterocycles. The van der Waals surface area contributed by atoms with Gasteiger partial charge in [-0.05, 0) is 213 Å². The minimum Gasteiger partial charge on any atom is -0.309 e. The minimum atomic E-state index is -5.43. The molecule has 0 aliphatic rings. The Morgan fingerprint density at radius 3 is 0.759 bits per heavy atom. The monoisotopic (exact) mass is 1530 g/mol. The van der Waals surface area contributed by atoms with Gasteiger partial charge in [-0.15, -0.1) is 0 Å². The molecule has 0 spiro atoms. The van der Waals surface area contributed by atoms with Crippen LogP contribution in [0, 0.1) is 22.7 Å². The van der Waals surface area contributed by atoms with Crippen molar-refractivity contribution in [3.05, 3.63) is 261 Å². The minimum absolute atomic E-state index is 0.134. The molecule has 0 N–H and O–H groups in total. The van der Waals surface area contributed by atoms with Gasteiger partial charge in [0.25, 0.3) is 0 Å². The lowest BCUT2D eigenvalue weighted by Crippen LogP contribution is -2.11. The highest BCUT2D eigenvalue weighted by atomic mass is 19.4. The Bertz CT molecular complexity index is 5550. The zero-order chi connectivity index (χ0) is 78.5. The van der Waals surface area contributed by atoms with Crippen LogP contribution in [0.5, 0.6) is 0 Å². The van der Waals surface area contributed by atoms with E-state index in [4.69, 9.17) is 0 Å². The maximum atomic E-state index is 14.5. The van der Waals surface area contributed by atoms with Gasteiger partial charge in [0.05, 0.1) is 107 Å². The van der Waals surface area contributed by atoms with Crippen LogP contribution in [0.2, 0.25) is 0 Å². The van der Waals surface area contributed by atoms with Crippen molar-refractivity contribution in [2.75, 3.05) is 0 Å². The number of benzene rings is 11. The number of aromatic nitrogens is 2. The first-order valence-electron chi connectivity index (χ1n) is 30.7. The molecule has 0 saturated heterocycles. The van der Waals surface area contributed by atoms with E-state index in [1.54, 1.807) is 6.07 Å². The molecule has 108 heavy (non-hydrogen) atoms. The van der Waals surface area contributed by atoms with Crippen molar-refractivity contribution >= 4 is 43.6 Å². The third-order valence-electron chi connectivity index (χ3n) is 17.9. The second kappa shape index (κ2) is 25.4. The van der Waals surface area contributed by atoms with E-state index >= 15 is 0 Å². The summed E-state index contributed by atoms with van der Waals surface area (Å²) >= 11 is 0. The van der Waals surface area contributed by atoms with Crippen molar-refractivity contribution in [3.63, 3.8) is 0 Å². The quantitative estimate of drug-likeness (QED) is 0.142. The number of alkyl halides is 27. The largest absolute Gasteiger partial charge is 0.416 e. The molecule has 11 aromatic carbocycles. The Balaban J connectivity index is 1.15. The third kappa shape index (κ3) is 14.0. The van der Waals surface area contributed by atoms with Gasteiger partial charge in [-0.25, -0.2) is 0 Å². The van der Waals surface area contributed by atoms with E-state index in [1.165, 1.54) is 39.5 Å². The molecule has 4 nitrogen and oxygen atoms in total. The van der Waals surface area contributed by atoms with Crippen LogP contribution in [-0.4, -0.2) is 9.13 Å². The maximum Gasteiger partial charge on any atom is 0.416 e. The Hall–Kier alpha value is -11.9. The molecular formula is C77H33F27N4. The molecule has 0 aliphatic heterocycles. The molecule has 550 valence electrons. The normalized spacial score (nSPS) is 13.1. The van der Waals surface area contributed by atoms with Crippen LogP contribution in [0.25, 0.3) is 122 Å². The Morgan fingerprint density at radius 2 is 0.481 bits per heavy atom. The van der Waals surface area contributed by atoms with Crippen molar-refractivity contribution in [3.8, 4) is 90.3 Å². The number of nitriles is 2. The molecule has 0 bridgehead atoms. The molecule has 0 amide bonds. The summed E-state index contributed by atoms with van der Waals surface area (Å²) < 4.78 is 393. The van der Waals surface area contributed by atoms with Gasteiger partial charge in [-0.1, -0.05) is 42.5 Å². The van der Waals surface area contributed by atoms with Gasteiger partial charge in [-0.3, -0.25) is 0 Å². The van der Waals surface area contributed by atoms with Gasteiger partial charge in [0.15, 0.2) is 0 Å². The number of halogens is 27. The number of fused-ring (bicyclic) bond motifs is 6. The number of nitrogens with zero attached hydrogens (tertiary/aromatic N) is 4. The number of hydrogen-bond acceptors (Lipinski definition) is 2. The van der Waals surface area contributed by atoms with E-state index in [2.05, 4.69) is 0 Å². The van der Waals surface area contributed by atoms with Crippen LogP contribution in [0.15, 0.2) is 200 Å². The summed E-state index contributed by atoms with van der Waals surface area (Å²) in [6.45, 7) is 0. The molecule has 13 rings (SSSR count). The fourth-order valence-corrected chi connectivity index (χ4v) is 13.0. The average Bonchev–Trinajstić information content (AvgIpc) is 1.56. The smallest absolute Gasteiger partial charge is 0.309 e. The van der Waals surface area contributed by atoms with Crippen LogP contribution in [-0.2, 0) is 55.6 Å². The maximum absolute atomic E-state index is 14.5. The van der Waals surface area contributed by atoms with Crippen molar-refractivity contribution in [1.29, 1.82) is 10.5 Å². The molecule has 31 heteroatoms. The first kappa shape index (κ1) is 74.4. The molecule has 0 fully saturated rings. The summed E-state index contributed by atoms with van der Waals surface area (Å²) in [7, 11) is 0. The second-order valence-electron chi connectivity index (χ2n) is 24.7. The first-order chi connectivity index (χ1) is 50.1. The van der Waals surface area contributed by atoms with Gasteiger partial charge in [0, 0.05) is 32.7 Å². The zero-order valence-electron chi connectivity index (χ0n) is 53.0. The topological polar surface area (TPSA) is 57.4 Å². The molecule has 0 saturated carbocycles. The highest BCUT2D eigenvalue weighted by Crippen LogP contribution is 2.50. The van der Waals surface area contributed by atoms with Crippen LogP contribution < -0.4 is 0 Å². The number of hydrogen-bond donors (Lipinski definition) is 0. The average molecular weight is 1530 g/mol. The lowest BCUT2D eigenvalue weighted by atomic mass is 9.92. The zero-order valence-corrected chi connectivity index (χ0v) is 53.0. The summed E-state index contributed by atoms with van der Waals surface area (Å²) in [5, 5.41) is 20.2. The van der Waals surface area contributed by atoms with Gasteiger partial charge >= 0.3 is 55.6 Å². The number of rotatable bonds is 8. The highest BCUT2D eigenvalue weighted by Gasteiger charge is 2.42. The van der Waals surface area contributed by atoms with Gasteiger partial charge in [0.2, 0.25) is 0 Å². The standard InChI is InChI=1S/C77H33F27N4/c78-69(79,80)47-7-9-56(46(24-47)35-106)41-6-14-63(107-64-10-2-37(42-16-48(70(81,82)83)30-49(17-42)71(84,85)86)25-59(64)60-26-38(3-11-65(60)107)43-18-50(72(87,88)89)31-51(19-43)73(90,91)92)58(29-41)57-8-1-36(34-105)15-68(57)108-66-12-4-39(44-20-52(74(93,94)95)32-53(21-44)75(96,97)98)27-61(66)62-28-40(5-13-67(62)108)45-22-54(76(99,100)101)33-55(23-45)77(102,103)104/h1-33H. The molecule has 13 aromatic rings. The third-order valence-corrected chi connectivity index (χ3v) is 17.9. The molecule has 0 unspecified atom stereocenters. The molecule has 0 aliphatic carbocycles. The van der Waals surface area contributed by atoms with Gasteiger partial charge in [-0.2, -0.15) is 129 Å². The molecule has 0 atom stereocenters. The lowest BCUT2D eigenvalue weighted by molar-refractivity contribution is -0.144. The summed E-state index contributed by atoms with van der Waals surface area (Å²) in [5.41, 5.74) is -23.0. The van der Waals surface area contributed by atoms with Crippen LogP contribution >= 0.6 is 0 Å². The fraction of sp³-hybridized carbons (Fsp3) is 0.117. The van der Waals surface area contributed by atoms with Crippen molar-refractivity contribution in [2.45, 2.75) is 55.6 Å². The van der Waals surface area contributed by atoms with Gasteiger partial charge in [0.1, 0.15) is 0 Å². The van der Waals surface area contributed by atoms with E-state index in [9.17, 15) is 129 Å². The predicted octanol–water partition coefficient (Wildman–Crippen LogP) is 26.8. The van der Waals surface area contributed by atoms with Crippen LogP contribution in [0.3, 0.4) is 0 Å². The van der Waals surface area contributed by atoms with Crippen molar-refractivity contribution < 1.29 is 119 Å². The van der Waals surface area contributed by atoms with E-state index in [0.29, 0.717) is 60.7 Å². The highest BCUT2D eigenvalue weighted by molar-refractivity contribution is 6.14. The van der Waals surface area contributed by atoms with Crippen molar-refractivity contribution in [1.82, 2.24) is 9.13 Å². The summed E-state index contributed by atoms with van der Waals surface area (Å²) in [4.78, 5) is 0. The predicted molar refractivity (Wildman–Crippen MR) is 342 cm³/mol. The summed E-state index contributed by atoms with van der Waals surface area (Å²) in [6, 6.07) is 27.7. The van der Waals surface area contributed by atoms with E-state index in [0.717, 1.165) is 84.9 Å². The first-order valence-corrected chi connectivity index (χ1v) is 30.7. The summed E-state index contributed by atoms with van der Waals surface area (Å²) in [6.07, 6.45) is -48.5. The van der Waals surface area contributed by atoms with E-state index < -0.39 is 156 Å². The van der Waals surface area contributed by atoms with E-state index in [-0.39, 0.29) is 107 Å². The summed E-state index contributed by atoms with van der Waals surface area (Å²) in [5.74, 6) is 0. The van der Waals surface area contributed by atoms with Crippen molar-refractivity contribution in [2.24, 2.45) is 0 Å². The van der Waals surface area contributed by atoms with Crippen LogP contribution in [0.1, 0.15) is 61.2 Å². The van der Waals surface area contributed by atoms with Gasteiger partial charge < -0.3 is 9.13 Å². The molecule has 2 aromatic heterocycles. The second-order valence-corrected chi connectivity index (χ2v) is 24.7.